The van der Waals surface area contributed by atoms with Gasteiger partial charge in [0.1, 0.15) is 17.2 Å². The summed E-state index contributed by atoms with van der Waals surface area (Å²) in [6.45, 7) is 0.244. The lowest BCUT2D eigenvalue weighted by atomic mass is 9.54. The molecule has 2 aromatic heterocycles. The zero-order chi connectivity index (χ0) is 29.0. The Morgan fingerprint density at radius 1 is 1.07 bits per heavy atom. The first kappa shape index (κ1) is 28.1. The van der Waals surface area contributed by atoms with Gasteiger partial charge in [-0.15, -0.1) is 0 Å². The van der Waals surface area contributed by atoms with E-state index in [1.165, 1.54) is 12.4 Å². The lowest BCUT2D eigenvalue weighted by Gasteiger charge is -2.52. The summed E-state index contributed by atoms with van der Waals surface area (Å²) in [6.07, 6.45) is 10.1. The zero-order valence-corrected chi connectivity index (χ0v) is 23.5. The highest BCUT2D eigenvalue weighted by Gasteiger charge is 2.48. The normalized spacial score (nSPS) is 24.2. The van der Waals surface area contributed by atoms with Gasteiger partial charge >= 0.3 is 12.1 Å². The van der Waals surface area contributed by atoms with E-state index in [4.69, 9.17) is 32.5 Å². The van der Waals surface area contributed by atoms with E-state index in [1.807, 2.05) is 0 Å². The van der Waals surface area contributed by atoms with Gasteiger partial charge in [0.25, 0.3) is 0 Å². The molecule has 2 heterocycles. The minimum atomic E-state index is -4.67. The summed E-state index contributed by atoms with van der Waals surface area (Å²) in [5, 5.41) is 14.4. The lowest BCUT2D eigenvalue weighted by molar-refractivity contribution is -0.137. The van der Waals surface area contributed by atoms with Crippen LogP contribution in [0.3, 0.4) is 0 Å². The van der Waals surface area contributed by atoms with Crippen molar-refractivity contribution in [3.8, 4) is 17.0 Å². The molecule has 1 aromatic carbocycles. The Hall–Kier alpha value is -3.04. The number of rotatable bonds is 8. The molecular weight excluding hydrogens is 580 g/mol. The van der Waals surface area contributed by atoms with Gasteiger partial charge in [-0.25, -0.2) is 4.79 Å². The Bertz CT molecular complexity index is 1490. The van der Waals surface area contributed by atoms with Crippen LogP contribution in [0.2, 0.25) is 10.0 Å². The van der Waals surface area contributed by atoms with Crippen molar-refractivity contribution in [2.45, 2.75) is 63.5 Å². The number of aromatic nitrogens is 2. The minimum absolute atomic E-state index is 0.0182. The molecule has 216 valence electrons. The number of allylic oxidation sites excluding steroid dienone is 1. The molecule has 4 aliphatic carbocycles. The maximum atomic E-state index is 13.3. The summed E-state index contributed by atoms with van der Waals surface area (Å²) < 4.78 is 51.6. The van der Waals surface area contributed by atoms with Crippen LogP contribution in [0, 0.1) is 10.8 Å². The molecule has 1 N–H and O–H groups in total. The average Bonchev–Trinajstić information content (AvgIpc) is 3.71. The number of carbonyl (C=O) groups is 1. The highest BCUT2D eigenvalue weighted by atomic mass is 35.5. The first-order valence-corrected chi connectivity index (χ1v) is 14.3. The topological polar surface area (TPSA) is 85.5 Å². The first-order chi connectivity index (χ1) is 19.5. The summed E-state index contributed by atoms with van der Waals surface area (Å²) in [4.78, 5) is 15.4. The van der Waals surface area contributed by atoms with E-state index in [0.29, 0.717) is 33.3 Å². The van der Waals surface area contributed by atoms with Crippen LogP contribution in [-0.4, -0.2) is 27.8 Å². The van der Waals surface area contributed by atoms with Gasteiger partial charge in [0.15, 0.2) is 0 Å². The Morgan fingerprint density at radius 2 is 1.73 bits per heavy atom. The number of ether oxygens (including phenoxy) is 1. The van der Waals surface area contributed by atoms with Gasteiger partial charge in [0.2, 0.25) is 0 Å². The standard InChI is InChI=1S/C30H27Cl2F3N2O4/c31-22-14-36-15-23(32)24(22)25-21(26(41-37-25)17-1-2-17)3-4-28-5-8-29(9-6-28,10-7-28)16-40-20-12-18(27(38)39)11-19(13-20)30(33,34)35/h3-4,11-15,17H,1-2,5-10,16H2,(H,38,39)/b4-3+. The van der Waals surface area contributed by atoms with Gasteiger partial charge in [-0.1, -0.05) is 40.5 Å². The Balaban J connectivity index is 1.19. The molecule has 11 heteroatoms. The predicted molar refractivity (Wildman–Crippen MR) is 147 cm³/mol. The molecule has 7 rings (SSSR count). The monoisotopic (exact) mass is 606 g/mol. The van der Waals surface area contributed by atoms with Crippen LogP contribution in [0.5, 0.6) is 5.75 Å². The molecular formula is C30H27Cl2F3N2O4. The molecule has 0 saturated heterocycles. The number of hydrogen-bond acceptors (Lipinski definition) is 5. The fourth-order valence-electron chi connectivity index (χ4n) is 6.15. The van der Waals surface area contributed by atoms with Gasteiger partial charge in [0.05, 0.1) is 27.8 Å². The van der Waals surface area contributed by atoms with E-state index in [9.17, 15) is 23.1 Å². The third-order valence-electron chi connectivity index (χ3n) is 8.88. The van der Waals surface area contributed by atoms with Crippen LogP contribution < -0.4 is 4.74 Å². The molecule has 3 aromatic rings. The van der Waals surface area contributed by atoms with Crippen molar-refractivity contribution in [1.29, 1.82) is 0 Å². The highest BCUT2D eigenvalue weighted by molar-refractivity contribution is 6.39. The molecule has 41 heavy (non-hydrogen) atoms. The van der Waals surface area contributed by atoms with E-state index in [-0.39, 0.29) is 23.2 Å². The summed E-state index contributed by atoms with van der Waals surface area (Å²) >= 11 is 12.9. The van der Waals surface area contributed by atoms with Crippen LogP contribution in [0.25, 0.3) is 17.3 Å². The quantitative estimate of drug-likeness (QED) is 0.275. The van der Waals surface area contributed by atoms with Crippen LogP contribution in [0.1, 0.15) is 84.5 Å². The number of carboxylic acids is 1. The molecule has 0 aliphatic heterocycles. The molecule has 4 fully saturated rings. The van der Waals surface area contributed by atoms with Crippen LogP contribution >= 0.6 is 23.2 Å². The molecule has 0 amide bonds. The van der Waals surface area contributed by atoms with Gasteiger partial charge in [-0.3, -0.25) is 4.98 Å². The molecule has 0 atom stereocenters. The summed E-state index contributed by atoms with van der Waals surface area (Å²) in [7, 11) is 0. The Kier molecular flexibility index (Phi) is 7.09. The average molecular weight is 607 g/mol. The Labute approximate surface area is 244 Å². The van der Waals surface area contributed by atoms with E-state index in [1.54, 1.807) is 0 Å². The third kappa shape index (κ3) is 5.58. The predicted octanol–water partition coefficient (Wildman–Crippen LogP) is 9.07. The first-order valence-electron chi connectivity index (χ1n) is 13.5. The molecule has 0 spiro atoms. The van der Waals surface area contributed by atoms with Gasteiger partial charge < -0.3 is 14.4 Å². The number of nitrogens with zero attached hydrogens (tertiary/aromatic N) is 2. The van der Waals surface area contributed by atoms with E-state index >= 15 is 0 Å². The maximum Gasteiger partial charge on any atom is 0.416 e. The number of alkyl halides is 3. The molecule has 2 bridgehead atoms. The summed E-state index contributed by atoms with van der Waals surface area (Å²) in [5.74, 6) is -0.337. The van der Waals surface area contributed by atoms with E-state index in [2.05, 4.69) is 22.3 Å². The number of fused-ring (bicyclic) bond motifs is 3. The van der Waals surface area contributed by atoms with Crippen molar-refractivity contribution in [3.05, 3.63) is 69.2 Å². The van der Waals surface area contributed by atoms with Crippen molar-refractivity contribution < 1.29 is 32.3 Å². The van der Waals surface area contributed by atoms with Crippen molar-refractivity contribution in [1.82, 2.24) is 10.1 Å². The molecule has 4 aliphatic rings. The van der Waals surface area contributed by atoms with E-state index < -0.39 is 23.3 Å². The summed E-state index contributed by atoms with van der Waals surface area (Å²) in [5.41, 5.74) is 0.434. The van der Waals surface area contributed by atoms with Gasteiger partial charge in [-0.2, -0.15) is 13.2 Å². The largest absolute Gasteiger partial charge is 0.493 e. The minimum Gasteiger partial charge on any atom is -0.493 e. The second kappa shape index (κ2) is 10.3. The molecule has 0 radical (unpaired) electrons. The second-order valence-electron chi connectivity index (χ2n) is 11.6. The van der Waals surface area contributed by atoms with Crippen molar-refractivity contribution >= 4 is 35.2 Å². The number of benzene rings is 1. The van der Waals surface area contributed by atoms with Crippen molar-refractivity contribution in [2.24, 2.45) is 10.8 Å². The molecule has 4 saturated carbocycles. The maximum absolute atomic E-state index is 13.3. The zero-order valence-electron chi connectivity index (χ0n) is 21.9. The fraction of sp³-hybridized carbons (Fsp3) is 0.433. The smallest absolute Gasteiger partial charge is 0.416 e. The van der Waals surface area contributed by atoms with E-state index in [0.717, 1.165) is 74.8 Å². The Morgan fingerprint density at radius 3 is 2.32 bits per heavy atom. The van der Waals surface area contributed by atoms with Gasteiger partial charge in [-0.05, 0) is 75.0 Å². The number of halogens is 5. The third-order valence-corrected chi connectivity index (χ3v) is 9.46. The van der Waals surface area contributed by atoms with Crippen LogP contribution in [0.4, 0.5) is 13.2 Å². The number of hydrogen-bond donors (Lipinski definition) is 1. The number of pyridine rings is 1. The van der Waals surface area contributed by atoms with Crippen molar-refractivity contribution in [3.63, 3.8) is 0 Å². The van der Waals surface area contributed by atoms with Crippen molar-refractivity contribution in [2.75, 3.05) is 6.61 Å². The van der Waals surface area contributed by atoms with Gasteiger partial charge in [0, 0.05) is 34.9 Å². The lowest BCUT2D eigenvalue weighted by Crippen LogP contribution is -2.43. The fourth-order valence-corrected chi connectivity index (χ4v) is 6.70. The highest BCUT2D eigenvalue weighted by Crippen LogP contribution is 2.58. The van der Waals surface area contributed by atoms with Crippen LogP contribution in [0.15, 0.2) is 41.2 Å². The molecule has 6 nitrogen and oxygen atoms in total. The van der Waals surface area contributed by atoms with Crippen LogP contribution in [-0.2, 0) is 6.18 Å². The SMILES string of the molecule is O=C(O)c1cc(OCC23CCC(/C=C/c4c(-c5c(Cl)cncc5Cl)noc4C4CC4)(CC2)CC3)cc(C(F)(F)F)c1. The molecule has 0 unspecified atom stereocenters. The number of carboxylic acid groups (broad SMARTS) is 1. The second-order valence-corrected chi connectivity index (χ2v) is 12.4. The number of aromatic carboxylic acids is 1. The summed E-state index contributed by atoms with van der Waals surface area (Å²) in [6, 6.07) is 2.65.